The lowest BCUT2D eigenvalue weighted by Gasteiger charge is -1.90. The molecule has 0 unspecified atom stereocenters. The molecule has 0 amide bonds. The lowest BCUT2D eigenvalue weighted by Crippen LogP contribution is -1.74. The Morgan fingerprint density at radius 2 is 2.20 bits per heavy atom. The van der Waals surface area contributed by atoms with Crippen molar-refractivity contribution in [3.05, 3.63) is 42.0 Å². The Kier molecular flexibility index (Phi) is 5.25. The lowest BCUT2D eigenvalue weighted by molar-refractivity contribution is 0.958. The van der Waals surface area contributed by atoms with Gasteiger partial charge in [0.1, 0.15) is 0 Å². The van der Waals surface area contributed by atoms with E-state index in [9.17, 15) is 4.91 Å². The van der Waals surface area contributed by atoms with Crippen molar-refractivity contribution in [2.45, 2.75) is 12.8 Å². The van der Waals surface area contributed by atoms with Crippen molar-refractivity contribution >= 4 is 0 Å². The molecule has 54 valence electrons. The average molecular weight is 137 g/mol. The first-order chi connectivity index (χ1) is 4.85. The second-order valence-corrected chi connectivity index (χ2v) is 1.81. The Hall–Kier alpha value is -1.18. The molecular formula is C8H11NO. The van der Waals surface area contributed by atoms with Crippen LogP contribution < -0.4 is 0 Å². The Labute approximate surface area is 60.9 Å². The van der Waals surface area contributed by atoms with Crippen molar-refractivity contribution < 1.29 is 0 Å². The van der Waals surface area contributed by atoms with Crippen molar-refractivity contribution in [2.75, 3.05) is 0 Å². The highest BCUT2D eigenvalue weighted by molar-refractivity contribution is 5.09. The molecule has 0 spiro atoms. The SMILES string of the molecule is C=C/C=C(\CCC=C)N=O. The van der Waals surface area contributed by atoms with E-state index in [0.29, 0.717) is 12.1 Å². The summed E-state index contributed by atoms with van der Waals surface area (Å²) in [5.74, 6) is 0. The molecule has 0 aliphatic rings. The molecule has 0 aliphatic heterocycles. The molecule has 0 bridgehead atoms. The van der Waals surface area contributed by atoms with E-state index in [1.165, 1.54) is 0 Å². The fraction of sp³-hybridized carbons (Fsp3) is 0.250. The summed E-state index contributed by atoms with van der Waals surface area (Å²) in [6.45, 7) is 6.99. The van der Waals surface area contributed by atoms with Crippen molar-refractivity contribution in [1.29, 1.82) is 0 Å². The Morgan fingerprint density at radius 3 is 2.60 bits per heavy atom. The minimum atomic E-state index is 0.523. The molecule has 0 fully saturated rings. The molecular weight excluding hydrogens is 126 g/mol. The Bertz CT molecular complexity index is 159. The first-order valence-corrected chi connectivity index (χ1v) is 3.11. The molecule has 2 nitrogen and oxygen atoms in total. The van der Waals surface area contributed by atoms with E-state index in [2.05, 4.69) is 18.3 Å². The Balaban J connectivity index is 3.81. The van der Waals surface area contributed by atoms with Gasteiger partial charge in [-0.25, -0.2) is 0 Å². The third-order valence-electron chi connectivity index (χ3n) is 1.03. The van der Waals surface area contributed by atoms with Crippen molar-refractivity contribution in [3.8, 4) is 0 Å². The highest BCUT2D eigenvalue weighted by atomic mass is 16.3. The summed E-state index contributed by atoms with van der Waals surface area (Å²) in [5.41, 5.74) is 0.523. The van der Waals surface area contributed by atoms with E-state index >= 15 is 0 Å². The largest absolute Gasteiger partial charge is 0.145 e. The summed E-state index contributed by atoms with van der Waals surface area (Å²) in [6, 6.07) is 0. The predicted octanol–water partition coefficient (Wildman–Crippen LogP) is 2.79. The van der Waals surface area contributed by atoms with Gasteiger partial charge in [0.2, 0.25) is 0 Å². The maximum Gasteiger partial charge on any atom is 0.0851 e. The third-order valence-corrected chi connectivity index (χ3v) is 1.03. The van der Waals surface area contributed by atoms with Crippen LogP contribution in [0.3, 0.4) is 0 Å². The molecule has 0 saturated carbocycles. The zero-order chi connectivity index (χ0) is 7.82. The molecule has 0 heterocycles. The quantitative estimate of drug-likeness (QED) is 0.325. The number of rotatable bonds is 5. The minimum Gasteiger partial charge on any atom is -0.145 e. The van der Waals surface area contributed by atoms with Crippen LogP contribution in [0.1, 0.15) is 12.8 Å². The van der Waals surface area contributed by atoms with Crippen LogP contribution in [0.25, 0.3) is 0 Å². The second-order valence-electron chi connectivity index (χ2n) is 1.81. The molecule has 0 aliphatic carbocycles. The molecule has 0 N–H and O–H groups in total. The zero-order valence-electron chi connectivity index (χ0n) is 5.92. The van der Waals surface area contributed by atoms with E-state index in [-0.39, 0.29) is 0 Å². The summed E-state index contributed by atoms with van der Waals surface area (Å²) < 4.78 is 0. The lowest BCUT2D eigenvalue weighted by atomic mass is 10.2. The third kappa shape index (κ3) is 3.78. The van der Waals surface area contributed by atoms with Crippen LogP contribution in [-0.2, 0) is 0 Å². The van der Waals surface area contributed by atoms with E-state index in [0.717, 1.165) is 6.42 Å². The van der Waals surface area contributed by atoms with Gasteiger partial charge in [0.15, 0.2) is 0 Å². The zero-order valence-corrected chi connectivity index (χ0v) is 5.92. The van der Waals surface area contributed by atoms with Crippen LogP contribution in [0.2, 0.25) is 0 Å². The number of nitroso groups, excluding NO2 is 1. The van der Waals surface area contributed by atoms with Gasteiger partial charge in [-0.1, -0.05) is 18.7 Å². The maximum absolute atomic E-state index is 10.0. The van der Waals surface area contributed by atoms with Gasteiger partial charge in [0, 0.05) is 0 Å². The van der Waals surface area contributed by atoms with Crippen LogP contribution in [0, 0.1) is 4.91 Å². The predicted molar refractivity (Wildman–Crippen MR) is 43.5 cm³/mol. The van der Waals surface area contributed by atoms with Crippen LogP contribution in [-0.4, -0.2) is 0 Å². The van der Waals surface area contributed by atoms with Crippen molar-refractivity contribution in [1.82, 2.24) is 0 Å². The van der Waals surface area contributed by atoms with Gasteiger partial charge in [-0.15, -0.1) is 11.5 Å². The first-order valence-electron chi connectivity index (χ1n) is 3.11. The number of hydrogen-bond donors (Lipinski definition) is 0. The van der Waals surface area contributed by atoms with Crippen LogP contribution in [0.15, 0.2) is 42.3 Å². The smallest absolute Gasteiger partial charge is 0.0851 e. The van der Waals surface area contributed by atoms with Gasteiger partial charge < -0.3 is 0 Å². The van der Waals surface area contributed by atoms with Crippen LogP contribution >= 0.6 is 0 Å². The minimum absolute atomic E-state index is 0.523. The van der Waals surface area contributed by atoms with Gasteiger partial charge in [0.05, 0.1) is 5.70 Å². The van der Waals surface area contributed by atoms with Crippen molar-refractivity contribution in [2.24, 2.45) is 5.18 Å². The summed E-state index contributed by atoms with van der Waals surface area (Å²) in [5, 5.41) is 2.81. The molecule has 0 aromatic rings. The van der Waals surface area contributed by atoms with E-state index in [4.69, 9.17) is 0 Å². The highest BCUT2D eigenvalue weighted by Gasteiger charge is 1.91. The van der Waals surface area contributed by atoms with Gasteiger partial charge in [-0.05, 0) is 24.1 Å². The summed E-state index contributed by atoms with van der Waals surface area (Å²) >= 11 is 0. The van der Waals surface area contributed by atoms with Crippen molar-refractivity contribution in [3.63, 3.8) is 0 Å². The molecule has 10 heavy (non-hydrogen) atoms. The number of nitrogens with zero attached hydrogens (tertiary/aromatic N) is 1. The van der Waals surface area contributed by atoms with E-state index < -0.39 is 0 Å². The molecule has 0 aromatic heterocycles. The van der Waals surface area contributed by atoms with Crippen LogP contribution in [0.5, 0.6) is 0 Å². The molecule has 0 radical (unpaired) electrons. The summed E-state index contributed by atoms with van der Waals surface area (Å²) in [6.07, 6.45) is 6.35. The Morgan fingerprint density at radius 1 is 1.50 bits per heavy atom. The van der Waals surface area contributed by atoms with Crippen LogP contribution in [0.4, 0.5) is 0 Å². The average Bonchev–Trinajstić information content (AvgIpc) is 1.98. The molecule has 0 rings (SSSR count). The molecule has 2 heteroatoms. The second kappa shape index (κ2) is 5.95. The summed E-state index contributed by atoms with van der Waals surface area (Å²) in [4.78, 5) is 10.0. The molecule has 0 aromatic carbocycles. The highest BCUT2D eigenvalue weighted by Crippen LogP contribution is 2.05. The fourth-order valence-electron chi connectivity index (χ4n) is 0.545. The molecule has 0 saturated heterocycles. The number of hydrogen-bond acceptors (Lipinski definition) is 2. The van der Waals surface area contributed by atoms with E-state index in [1.54, 1.807) is 18.2 Å². The van der Waals surface area contributed by atoms with Gasteiger partial charge >= 0.3 is 0 Å². The maximum atomic E-state index is 10.0. The number of allylic oxidation sites excluding steroid dienone is 4. The monoisotopic (exact) mass is 137 g/mol. The fourth-order valence-corrected chi connectivity index (χ4v) is 0.545. The standard InChI is InChI=1S/C8H11NO/c1-3-5-7-8(9-10)6-4-2/h3-4,6H,1-2,5,7H2/b8-6+. The van der Waals surface area contributed by atoms with Gasteiger partial charge in [0.25, 0.3) is 0 Å². The normalized spacial score (nSPS) is 10.6. The summed E-state index contributed by atoms with van der Waals surface area (Å²) in [7, 11) is 0. The topological polar surface area (TPSA) is 29.4 Å². The first kappa shape index (κ1) is 8.82. The van der Waals surface area contributed by atoms with Gasteiger partial charge in [-0.2, -0.15) is 0 Å². The molecule has 0 atom stereocenters. The van der Waals surface area contributed by atoms with Gasteiger partial charge in [-0.3, -0.25) is 0 Å². The van der Waals surface area contributed by atoms with E-state index in [1.807, 2.05) is 0 Å².